The van der Waals surface area contributed by atoms with Crippen molar-refractivity contribution in [2.75, 3.05) is 15.5 Å². The molecule has 2 N–H and O–H groups in total. The SMILES string of the molecule is Cc1ccc(NC(=Cc2ccccc2Nc2ccc(C)cc2)c2ccc(C=Cc3ccc(N(c4ccc(C)cc4)c4ccc(C)cc4)cc3)cc2)cc1. The van der Waals surface area contributed by atoms with Crippen molar-refractivity contribution >= 4 is 58.0 Å². The van der Waals surface area contributed by atoms with Gasteiger partial charge in [0.25, 0.3) is 0 Å². The first-order valence-corrected chi connectivity index (χ1v) is 18.2. The molecule has 0 heterocycles. The summed E-state index contributed by atoms with van der Waals surface area (Å²) < 4.78 is 0. The highest BCUT2D eigenvalue weighted by molar-refractivity contribution is 5.91. The lowest BCUT2D eigenvalue weighted by atomic mass is 10.0. The third-order valence-corrected chi connectivity index (χ3v) is 9.35. The Labute approximate surface area is 314 Å². The van der Waals surface area contributed by atoms with E-state index < -0.39 is 0 Å². The zero-order valence-electron chi connectivity index (χ0n) is 30.8. The van der Waals surface area contributed by atoms with E-state index in [1.54, 1.807) is 0 Å². The quantitative estimate of drug-likeness (QED) is 0.133. The van der Waals surface area contributed by atoms with Crippen LogP contribution in [0.3, 0.4) is 0 Å². The molecule has 0 amide bonds. The number of rotatable bonds is 11. The van der Waals surface area contributed by atoms with Crippen molar-refractivity contribution in [2.45, 2.75) is 27.7 Å². The monoisotopic (exact) mass is 687 g/mol. The molecule has 7 aromatic carbocycles. The molecule has 0 aliphatic heterocycles. The van der Waals surface area contributed by atoms with Gasteiger partial charge in [-0.3, -0.25) is 0 Å². The Morgan fingerprint density at radius 2 is 0.849 bits per heavy atom. The Balaban J connectivity index is 1.13. The van der Waals surface area contributed by atoms with E-state index in [-0.39, 0.29) is 0 Å². The standard InChI is InChI=1S/C50H45N3/c1-36-9-25-44(26-10-36)51-49-8-6-5-7-43(49)35-50(52-45-27-11-37(2)12-28-45)42-23-19-40(20-24-42)17-18-41-21-33-48(34-22-41)53(46-29-13-38(3)14-30-46)47-31-15-39(4)16-32-47/h5-35,51-52H,1-4H3. The molecule has 0 saturated heterocycles. The molecule has 0 saturated carbocycles. The van der Waals surface area contributed by atoms with Gasteiger partial charge in [-0.1, -0.05) is 138 Å². The lowest BCUT2D eigenvalue weighted by Gasteiger charge is -2.25. The van der Waals surface area contributed by atoms with Crippen LogP contribution in [0.1, 0.15) is 44.5 Å². The number of nitrogens with one attached hydrogen (secondary N) is 2. The Morgan fingerprint density at radius 3 is 1.36 bits per heavy atom. The predicted octanol–water partition coefficient (Wildman–Crippen LogP) is 13.9. The van der Waals surface area contributed by atoms with E-state index in [4.69, 9.17) is 0 Å². The minimum atomic E-state index is 1.02. The molecule has 0 aliphatic carbocycles. The van der Waals surface area contributed by atoms with E-state index >= 15 is 0 Å². The molecular weight excluding hydrogens is 643 g/mol. The van der Waals surface area contributed by atoms with Crippen molar-refractivity contribution in [1.82, 2.24) is 0 Å². The van der Waals surface area contributed by atoms with Crippen LogP contribution in [0.25, 0.3) is 23.9 Å². The first-order valence-electron chi connectivity index (χ1n) is 18.2. The molecule has 3 heteroatoms. The maximum atomic E-state index is 3.70. The molecule has 0 bridgehead atoms. The molecule has 0 atom stereocenters. The minimum Gasteiger partial charge on any atom is -0.355 e. The highest BCUT2D eigenvalue weighted by Crippen LogP contribution is 2.35. The highest BCUT2D eigenvalue weighted by atomic mass is 15.1. The number of para-hydroxylation sites is 1. The number of anilines is 6. The van der Waals surface area contributed by atoms with Gasteiger partial charge in [0.2, 0.25) is 0 Å². The smallest absolute Gasteiger partial charge is 0.0464 e. The fourth-order valence-electron chi connectivity index (χ4n) is 6.20. The number of nitrogens with zero attached hydrogens (tertiary/aromatic N) is 1. The lowest BCUT2D eigenvalue weighted by molar-refractivity contribution is 1.27. The molecule has 7 aromatic rings. The molecule has 0 fully saturated rings. The molecule has 0 aliphatic rings. The van der Waals surface area contributed by atoms with Gasteiger partial charge in [0.05, 0.1) is 0 Å². The normalized spacial score (nSPS) is 11.4. The maximum absolute atomic E-state index is 3.70. The molecule has 7 rings (SSSR count). The molecule has 260 valence electrons. The van der Waals surface area contributed by atoms with E-state index in [0.29, 0.717) is 0 Å². The average Bonchev–Trinajstić information content (AvgIpc) is 3.18. The van der Waals surface area contributed by atoms with Crippen LogP contribution in [0.15, 0.2) is 170 Å². The summed E-state index contributed by atoms with van der Waals surface area (Å²) in [4.78, 5) is 2.30. The fraction of sp³-hybridized carbons (Fsp3) is 0.0800. The summed E-state index contributed by atoms with van der Waals surface area (Å²) in [5, 5.41) is 7.32. The van der Waals surface area contributed by atoms with Crippen molar-refractivity contribution in [3.8, 4) is 0 Å². The second kappa shape index (κ2) is 16.2. The first kappa shape index (κ1) is 34.9. The molecule has 0 spiro atoms. The summed E-state index contributed by atoms with van der Waals surface area (Å²) in [7, 11) is 0. The van der Waals surface area contributed by atoms with Gasteiger partial charge < -0.3 is 15.5 Å². The van der Waals surface area contributed by atoms with Gasteiger partial charge in [-0.25, -0.2) is 0 Å². The van der Waals surface area contributed by atoms with Crippen molar-refractivity contribution < 1.29 is 0 Å². The second-order valence-electron chi connectivity index (χ2n) is 13.7. The van der Waals surface area contributed by atoms with Crippen molar-refractivity contribution in [1.29, 1.82) is 0 Å². The Kier molecular flexibility index (Phi) is 10.6. The van der Waals surface area contributed by atoms with Crippen molar-refractivity contribution in [2.24, 2.45) is 0 Å². The predicted molar refractivity (Wildman–Crippen MR) is 230 cm³/mol. The van der Waals surface area contributed by atoms with Crippen LogP contribution in [0, 0.1) is 27.7 Å². The van der Waals surface area contributed by atoms with Crippen LogP contribution in [0.5, 0.6) is 0 Å². The van der Waals surface area contributed by atoms with E-state index in [0.717, 1.165) is 62.1 Å². The number of aryl methyl sites for hydroxylation is 4. The van der Waals surface area contributed by atoms with Gasteiger partial charge in [-0.15, -0.1) is 0 Å². The summed E-state index contributed by atoms with van der Waals surface area (Å²) >= 11 is 0. The summed E-state index contributed by atoms with van der Waals surface area (Å²) in [6, 6.07) is 60.3. The number of hydrogen-bond donors (Lipinski definition) is 2. The zero-order chi connectivity index (χ0) is 36.6. The molecule has 3 nitrogen and oxygen atoms in total. The third kappa shape index (κ3) is 9.02. The van der Waals surface area contributed by atoms with Crippen molar-refractivity contribution in [3.05, 3.63) is 214 Å². The summed E-state index contributed by atoms with van der Waals surface area (Å²) in [6.45, 7) is 8.46. The van der Waals surface area contributed by atoms with E-state index in [1.807, 2.05) is 0 Å². The van der Waals surface area contributed by atoms with Gasteiger partial charge >= 0.3 is 0 Å². The molecule has 0 unspecified atom stereocenters. The van der Waals surface area contributed by atoms with E-state index in [2.05, 4.69) is 231 Å². The van der Waals surface area contributed by atoms with Crippen LogP contribution in [-0.2, 0) is 0 Å². The van der Waals surface area contributed by atoms with Gasteiger partial charge in [-0.2, -0.15) is 0 Å². The Bertz CT molecular complexity index is 2270. The average molecular weight is 688 g/mol. The van der Waals surface area contributed by atoms with Crippen LogP contribution >= 0.6 is 0 Å². The number of benzene rings is 7. The van der Waals surface area contributed by atoms with Gasteiger partial charge in [0, 0.05) is 45.4 Å². The molecule has 0 aromatic heterocycles. The minimum absolute atomic E-state index is 1.02. The molecule has 53 heavy (non-hydrogen) atoms. The van der Waals surface area contributed by atoms with Crippen LogP contribution < -0.4 is 15.5 Å². The van der Waals surface area contributed by atoms with Gasteiger partial charge in [0.1, 0.15) is 0 Å². The van der Waals surface area contributed by atoms with Gasteiger partial charge in [-0.05, 0) is 117 Å². The van der Waals surface area contributed by atoms with Crippen LogP contribution in [0.2, 0.25) is 0 Å². The maximum Gasteiger partial charge on any atom is 0.0464 e. The molecule has 0 radical (unpaired) electrons. The summed E-state index contributed by atoms with van der Waals surface area (Å²) in [6.07, 6.45) is 6.57. The summed E-state index contributed by atoms with van der Waals surface area (Å²) in [5.41, 5.74) is 17.0. The van der Waals surface area contributed by atoms with Crippen LogP contribution in [0.4, 0.5) is 34.1 Å². The second-order valence-corrected chi connectivity index (χ2v) is 13.7. The largest absolute Gasteiger partial charge is 0.355 e. The fourth-order valence-corrected chi connectivity index (χ4v) is 6.20. The number of hydrogen-bond acceptors (Lipinski definition) is 3. The topological polar surface area (TPSA) is 27.3 Å². The Hall–Kier alpha value is -6.58. The third-order valence-electron chi connectivity index (χ3n) is 9.35. The van der Waals surface area contributed by atoms with Gasteiger partial charge in [0.15, 0.2) is 0 Å². The zero-order valence-corrected chi connectivity index (χ0v) is 30.8. The van der Waals surface area contributed by atoms with E-state index in [9.17, 15) is 0 Å². The lowest BCUT2D eigenvalue weighted by Crippen LogP contribution is -2.09. The first-order chi connectivity index (χ1) is 25.9. The van der Waals surface area contributed by atoms with Crippen molar-refractivity contribution in [3.63, 3.8) is 0 Å². The Morgan fingerprint density at radius 1 is 0.434 bits per heavy atom. The molecular formula is C50H45N3. The van der Waals surface area contributed by atoms with E-state index in [1.165, 1.54) is 22.3 Å². The van der Waals surface area contributed by atoms with Crippen LogP contribution in [-0.4, -0.2) is 0 Å². The highest BCUT2D eigenvalue weighted by Gasteiger charge is 2.12. The summed E-state index contributed by atoms with van der Waals surface area (Å²) in [5.74, 6) is 0.